The summed E-state index contributed by atoms with van der Waals surface area (Å²) in [5, 5.41) is 3.19. The van der Waals surface area contributed by atoms with E-state index in [1.165, 1.54) is 12.7 Å². The fraction of sp³-hybridized carbons (Fsp3) is 0.389. The van der Waals surface area contributed by atoms with Gasteiger partial charge in [-0.3, -0.25) is 0 Å². The number of hydrogen-bond acceptors (Lipinski definition) is 7. The van der Waals surface area contributed by atoms with Crippen molar-refractivity contribution in [3.8, 4) is 0 Å². The Bertz CT molecular complexity index is 727. The average Bonchev–Trinajstić information content (AvgIpc) is 2.65. The molecule has 0 radical (unpaired) electrons. The third kappa shape index (κ3) is 3.99. The number of rotatable bonds is 5. The van der Waals surface area contributed by atoms with Crippen LogP contribution in [0.3, 0.4) is 0 Å². The Balaban J connectivity index is 1.75. The van der Waals surface area contributed by atoms with Crippen LogP contribution in [0.25, 0.3) is 0 Å². The molecule has 0 saturated carbocycles. The Hall–Kier alpha value is -2.83. The maximum absolute atomic E-state index is 11.7. The number of nitrogens with one attached hydrogen (secondary N) is 1. The van der Waals surface area contributed by atoms with E-state index >= 15 is 0 Å². The van der Waals surface area contributed by atoms with Gasteiger partial charge >= 0.3 is 5.97 Å². The number of nitrogens with two attached hydrogens (primary N) is 1. The lowest BCUT2D eigenvalue weighted by molar-refractivity contribution is 0.0526. The maximum atomic E-state index is 11.7. The lowest BCUT2D eigenvalue weighted by atomic mass is 10.1. The van der Waals surface area contributed by atoms with Crippen LogP contribution in [-0.4, -0.2) is 35.6 Å². The molecular formula is C18H23N5O2. The second-order valence-electron chi connectivity index (χ2n) is 5.93. The lowest BCUT2D eigenvalue weighted by Gasteiger charge is -2.28. The molecule has 0 bridgehead atoms. The van der Waals surface area contributed by atoms with Crippen molar-refractivity contribution in [2.75, 3.05) is 35.6 Å². The number of nitrogens with zero attached hydrogens (tertiary/aromatic N) is 3. The second kappa shape index (κ2) is 7.83. The van der Waals surface area contributed by atoms with E-state index in [9.17, 15) is 4.79 Å². The fourth-order valence-corrected chi connectivity index (χ4v) is 2.88. The molecule has 0 aliphatic carbocycles. The van der Waals surface area contributed by atoms with Crippen molar-refractivity contribution in [3.05, 3.63) is 36.2 Å². The summed E-state index contributed by atoms with van der Waals surface area (Å²) in [6.07, 6.45) is 5.08. The van der Waals surface area contributed by atoms with Crippen molar-refractivity contribution in [2.24, 2.45) is 0 Å². The number of nitrogen functional groups attached to an aromatic ring is 1. The monoisotopic (exact) mass is 341 g/mol. The van der Waals surface area contributed by atoms with Crippen LogP contribution in [0, 0.1) is 0 Å². The molecule has 0 spiro atoms. The Morgan fingerprint density at radius 1 is 1.20 bits per heavy atom. The quantitative estimate of drug-likeness (QED) is 0.808. The first-order valence-corrected chi connectivity index (χ1v) is 8.58. The van der Waals surface area contributed by atoms with E-state index in [4.69, 9.17) is 10.5 Å². The van der Waals surface area contributed by atoms with Gasteiger partial charge < -0.3 is 20.7 Å². The van der Waals surface area contributed by atoms with Crippen molar-refractivity contribution in [2.45, 2.75) is 26.2 Å². The molecule has 1 fully saturated rings. The van der Waals surface area contributed by atoms with Crippen molar-refractivity contribution < 1.29 is 9.53 Å². The van der Waals surface area contributed by atoms with E-state index in [0.717, 1.165) is 37.4 Å². The van der Waals surface area contributed by atoms with Crippen LogP contribution in [-0.2, 0) is 4.74 Å². The van der Waals surface area contributed by atoms with E-state index in [2.05, 4.69) is 20.2 Å². The molecule has 1 aromatic heterocycles. The largest absolute Gasteiger partial charge is 0.462 e. The van der Waals surface area contributed by atoms with Crippen LogP contribution in [0.5, 0.6) is 0 Å². The van der Waals surface area contributed by atoms with Gasteiger partial charge in [-0.05, 0) is 50.5 Å². The molecule has 0 unspecified atom stereocenters. The Morgan fingerprint density at radius 3 is 2.60 bits per heavy atom. The number of ether oxygens (including phenoxy) is 1. The van der Waals surface area contributed by atoms with Crippen molar-refractivity contribution >= 4 is 29.0 Å². The second-order valence-corrected chi connectivity index (χ2v) is 5.93. The number of piperidine rings is 1. The Labute approximate surface area is 147 Å². The molecule has 0 atom stereocenters. The number of carbonyl (C=O) groups is 1. The number of aromatic nitrogens is 2. The zero-order valence-electron chi connectivity index (χ0n) is 14.4. The van der Waals surface area contributed by atoms with Gasteiger partial charge in [0.1, 0.15) is 12.0 Å². The van der Waals surface area contributed by atoms with E-state index in [1.54, 1.807) is 31.2 Å². The van der Waals surface area contributed by atoms with Gasteiger partial charge in [0.05, 0.1) is 12.2 Å². The van der Waals surface area contributed by atoms with Gasteiger partial charge in [-0.25, -0.2) is 14.8 Å². The topological polar surface area (TPSA) is 93.4 Å². The van der Waals surface area contributed by atoms with E-state index in [-0.39, 0.29) is 5.97 Å². The van der Waals surface area contributed by atoms with Crippen LogP contribution < -0.4 is 16.0 Å². The van der Waals surface area contributed by atoms with Gasteiger partial charge in [0.15, 0.2) is 11.6 Å². The highest BCUT2D eigenvalue weighted by Gasteiger charge is 2.17. The fourth-order valence-electron chi connectivity index (χ4n) is 2.88. The van der Waals surface area contributed by atoms with Gasteiger partial charge in [-0.2, -0.15) is 0 Å². The Morgan fingerprint density at radius 2 is 1.92 bits per heavy atom. The molecule has 2 aromatic rings. The number of carbonyl (C=O) groups excluding carboxylic acids is 1. The van der Waals surface area contributed by atoms with Crippen molar-refractivity contribution in [1.82, 2.24) is 9.97 Å². The first-order chi connectivity index (χ1) is 12.2. The molecule has 7 nitrogen and oxygen atoms in total. The molecule has 1 aliphatic heterocycles. The predicted molar refractivity (Wildman–Crippen MR) is 98.2 cm³/mol. The zero-order chi connectivity index (χ0) is 17.6. The third-order valence-corrected chi connectivity index (χ3v) is 4.18. The lowest BCUT2D eigenvalue weighted by Crippen LogP contribution is -2.31. The molecule has 0 amide bonds. The van der Waals surface area contributed by atoms with Crippen LogP contribution in [0.1, 0.15) is 36.5 Å². The number of hydrogen-bond donors (Lipinski definition) is 2. The van der Waals surface area contributed by atoms with E-state index in [1.807, 2.05) is 0 Å². The summed E-state index contributed by atoms with van der Waals surface area (Å²) in [6.45, 7) is 4.07. The molecule has 2 heterocycles. The summed E-state index contributed by atoms with van der Waals surface area (Å²) >= 11 is 0. The van der Waals surface area contributed by atoms with E-state index < -0.39 is 0 Å². The zero-order valence-corrected chi connectivity index (χ0v) is 14.4. The van der Waals surface area contributed by atoms with Gasteiger partial charge in [-0.15, -0.1) is 0 Å². The molecule has 1 saturated heterocycles. The minimum absolute atomic E-state index is 0.331. The molecule has 25 heavy (non-hydrogen) atoms. The third-order valence-electron chi connectivity index (χ3n) is 4.18. The van der Waals surface area contributed by atoms with Crippen LogP contribution in [0.15, 0.2) is 30.6 Å². The SMILES string of the molecule is CCOC(=O)c1ccc(Nc2ncnc(N3CCCCC3)c2N)cc1. The smallest absolute Gasteiger partial charge is 0.338 e. The van der Waals surface area contributed by atoms with Crippen LogP contribution >= 0.6 is 0 Å². The van der Waals surface area contributed by atoms with E-state index in [0.29, 0.717) is 23.7 Å². The van der Waals surface area contributed by atoms with Gasteiger partial charge in [0.25, 0.3) is 0 Å². The average molecular weight is 341 g/mol. The number of anilines is 4. The normalized spacial score (nSPS) is 14.2. The predicted octanol–water partition coefficient (Wildman–Crippen LogP) is 2.97. The van der Waals surface area contributed by atoms with Crippen molar-refractivity contribution in [3.63, 3.8) is 0 Å². The minimum atomic E-state index is -0.331. The standard InChI is InChI=1S/C18H23N5O2/c1-2-25-18(24)13-6-8-14(9-7-13)22-16-15(19)17(21-12-20-16)23-10-4-3-5-11-23/h6-9,12H,2-5,10-11,19H2,1H3,(H,20,21,22). The number of esters is 1. The molecule has 132 valence electrons. The molecule has 7 heteroatoms. The van der Waals surface area contributed by atoms with Gasteiger partial charge in [0.2, 0.25) is 0 Å². The minimum Gasteiger partial charge on any atom is -0.462 e. The summed E-state index contributed by atoms with van der Waals surface area (Å²) in [5.41, 5.74) is 8.12. The summed E-state index contributed by atoms with van der Waals surface area (Å²) < 4.78 is 4.98. The van der Waals surface area contributed by atoms with Crippen LogP contribution in [0.4, 0.5) is 23.0 Å². The molecule has 1 aliphatic rings. The highest BCUT2D eigenvalue weighted by Crippen LogP contribution is 2.30. The first kappa shape index (κ1) is 17.0. The van der Waals surface area contributed by atoms with Gasteiger partial charge in [-0.1, -0.05) is 0 Å². The summed E-state index contributed by atoms with van der Waals surface area (Å²) in [5.74, 6) is 1.02. The van der Waals surface area contributed by atoms with Crippen molar-refractivity contribution in [1.29, 1.82) is 0 Å². The summed E-state index contributed by atoms with van der Waals surface area (Å²) in [6, 6.07) is 7.02. The Kier molecular flexibility index (Phi) is 5.33. The van der Waals surface area contributed by atoms with Gasteiger partial charge in [0, 0.05) is 18.8 Å². The molecular weight excluding hydrogens is 318 g/mol. The molecule has 3 N–H and O–H groups in total. The van der Waals surface area contributed by atoms with Crippen LogP contribution in [0.2, 0.25) is 0 Å². The number of benzene rings is 1. The highest BCUT2D eigenvalue weighted by atomic mass is 16.5. The highest BCUT2D eigenvalue weighted by molar-refractivity contribution is 5.90. The summed E-state index contributed by atoms with van der Waals surface area (Å²) in [7, 11) is 0. The molecule has 3 rings (SSSR count). The molecule has 1 aromatic carbocycles. The first-order valence-electron chi connectivity index (χ1n) is 8.58. The maximum Gasteiger partial charge on any atom is 0.338 e. The summed E-state index contributed by atoms with van der Waals surface area (Å²) in [4.78, 5) is 22.5.